The van der Waals surface area contributed by atoms with Crippen LogP contribution >= 0.6 is 0 Å². The van der Waals surface area contributed by atoms with E-state index in [2.05, 4.69) is 42.9 Å². The predicted octanol–water partition coefficient (Wildman–Crippen LogP) is 14.0. The highest BCUT2D eigenvalue weighted by atomic mass is 14.9. The molecular formula is C41H78N+. The van der Waals surface area contributed by atoms with Crippen molar-refractivity contribution in [3.05, 3.63) is 30.1 Å². The van der Waals surface area contributed by atoms with Crippen molar-refractivity contribution in [1.29, 1.82) is 0 Å². The second-order valence-corrected chi connectivity index (χ2v) is 13.8. The summed E-state index contributed by atoms with van der Waals surface area (Å²) in [5, 5.41) is 0. The first kappa shape index (κ1) is 39.2. The lowest BCUT2D eigenvalue weighted by molar-refractivity contribution is -0.697. The number of aromatic nitrogens is 1. The van der Waals surface area contributed by atoms with Gasteiger partial charge < -0.3 is 0 Å². The Kier molecular flexibility index (Phi) is 30.8. The molecule has 1 aromatic rings. The molecule has 0 amide bonds. The fourth-order valence-electron chi connectivity index (χ4n) is 6.58. The average molecular weight is 585 g/mol. The lowest BCUT2D eigenvalue weighted by Crippen LogP contribution is -2.33. The second-order valence-electron chi connectivity index (χ2n) is 13.8. The lowest BCUT2D eigenvalue weighted by atomic mass is 10.0. The maximum atomic E-state index is 2.45. The van der Waals surface area contributed by atoms with Crippen molar-refractivity contribution >= 4 is 0 Å². The van der Waals surface area contributed by atoms with E-state index in [0.29, 0.717) is 0 Å². The summed E-state index contributed by atoms with van der Waals surface area (Å²) in [7, 11) is 0. The number of unbranched alkanes of at least 4 members (excludes halogenated alkanes) is 30. The molecule has 42 heavy (non-hydrogen) atoms. The van der Waals surface area contributed by atoms with E-state index in [1.165, 1.54) is 218 Å². The third-order valence-electron chi connectivity index (χ3n) is 9.51. The predicted molar refractivity (Wildman–Crippen MR) is 189 cm³/mol. The summed E-state index contributed by atoms with van der Waals surface area (Å²) in [6.07, 6.45) is 52.2. The van der Waals surface area contributed by atoms with Gasteiger partial charge in [-0.3, -0.25) is 0 Å². The molecule has 1 rings (SSSR count). The number of hydrogen-bond donors (Lipinski definition) is 0. The lowest BCUT2D eigenvalue weighted by Gasteiger charge is -2.04. The molecule has 1 heteroatoms. The summed E-state index contributed by atoms with van der Waals surface area (Å²) in [6.45, 7) is 5.81. The van der Waals surface area contributed by atoms with Gasteiger partial charge in [0.2, 0.25) is 0 Å². The second kappa shape index (κ2) is 33.1. The average Bonchev–Trinajstić information content (AvgIpc) is 3.01. The minimum atomic E-state index is 1.20. The van der Waals surface area contributed by atoms with Gasteiger partial charge in [-0.2, -0.15) is 0 Å². The standard InChI is InChI=1S/C41H78N/c1-3-5-7-9-11-13-15-17-19-20-21-23-25-27-29-31-33-36-41-37-35-39-42(40-41)38-34-32-30-28-26-24-22-18-16-14-12-10-8-6-4-2/h35,37,39-40H,3-34,36,38H2,1-2H3/q+1. The summed E-state index contributed by atoms with van der Waals surface area (Å²) >= 11 is 0. The van der Waals surface area contributed by atoms with Gasteiger partial charge in [0, 0.05) is 18.1 Å². The van der Waals surface area contributed by atoms with Gasteiger partial charge in [-0.1, -0.05) is 200 Å². The molecule has 0 saturated heterocycles. The SMILES string of the molecule is CCCCCCCCCCCCCCCCCCCc1ccc[n+](CCCCCCCCCCCCCCCCC)c1. The van der Waals surface area contributed by atoms with Crippen molar-refractivity contribution < 1.29 is 4.57 Å². The van der Waals surface area contributed by atoms with Crippen LogP contribution in [0.15, 0.2) is 24.5 Å². The maximum absolute atomic E-state index is 2.45. The summed E-state index contributed by atoms with van der Waals surface area (Å²) in [6, 6.07) is 4.61. The molecule has 1 nitrogen and oxygen atoms in total. The summed E-state index contributed by atoms with van der Waals surface area (Å²) in [5.41, 5.74) is 1.54. The van der Waals surface area contributed by atoms with Crippen LogP contribution in [-0.4, -0.2) is 0 Å². The van der Waals surface area contributed by atoms with E-state index < -0.39 is 0 Å². The smallest absolute Gasteiger partial charge is 0.171 e. The summed E-state index contributed by atoms with van der Waals surface area (Å²) < 4.78 is 2.45. The van der Waals surface area contributed by atoms with Crippen LogP contribution in [0.3, 0.4) is 0 Å². The summed E-state index contributed by atoms with van der Waals surface area (Å²) in [5.74, 6) is 0. The Hall–Kier alpha value is -0.850. The minimum absolute atomic E-state index is 1.20. The molecule has 0 bridgehead atoms. The van der Waals surface area contributed by atoms with Crippen molar-refractivity contribution in [2.24, 2.45) is 0 Å². The van der Waals surface area contributed by atoms with Gasteiger partial charge in [-0.05, 0) is 25.3 Å². The number of hydrogen-bond acceptors (Lipinski definition) is 0. The highest BCUT2D eigenvalue weighted by molar-refractivity contribution is 5.05. The Labute approximate surface area is 266 Å². The first-order valence-corrected chi connectivity index (χ1v) is 19.8. The normalized spacial score (nSPS) is 11.5. The zero-order valence-corrected chi connectivity index (χ0v) is 29.3. The van der Waals surface area contributed by atoms with Crippen LogP contribution in [0, 0.1) is 0 Å². The number of rotatable bonds is 34. The fourth-order valence-corrected chi connectivity index (χ4v) is 6.58. The van der Waals surface area contributed by atoms with E-state index in [4.69, 9.17) is 0 Å². The quantitative estimate of drug-likeness (QED) is 0.0560. The first-order chi connectivity index (χ1) is 20.9. The Bertz CT molecular complexity index is 637. The van der Waals surface area contributed by atoms with Crippen LogP contribution in [0.2, 0.25) is 0 Å². The van der Waals surface area contributed by atoms with Gasteiger partial charge >= 0.3 is 0 Å². The van der Waals surface area contributed by atoms with E-state index in [1.807, 2.05) is 0 Å². The zero-order chi connectivity index (χ0) is 30.0. The van der Waals surface area contributed by atoms with E-state index in [1.54, 1.807) is 5.56 Å². The molecule has 0 aromatic carbocycles. The molecule has 1 heterocycles. The highest BCUT2D eigenvalue weighted by Crippen LogP contribution is 2.16. The molecule has 0 saturated carbocycles. The Morgan fingerprint density at radius 2 is 0.690 bits per heavy atom. The van der Waals surface area contributed by atoms with Crippen LogP contribution in [0.4, 0.5) is 0 Å². The van der Waals surface area contributed by atoms with Crippen molar-refractivity contribution in [2.45, 2.75) is 232 Å². The van der Waals surface area contributed by atoms with Gasteiger partial charge in [0.1, 0.15) is 6.54 Å². The van der Waals surface area contributed by atoms with Crippen LogP contribution in [0.5, 0.6) is 0 Å². The Balaban J connectivity index is 1.84. The van der Waals surface area contributed by atoms with Gasteiger partial charge in [0.05, 0.1) is 0 Å². The van der Waals surface area contributed by atoms with E-state index in [0.717, 1.165) is 0 Å². The topological polar surface area (TPSA) is 3.88 Å². The number of pyridine rings is 1. The molecule has 0 atom stereocenters. The van der Waals surface area contributed by atoms with Crippen molar-refractivity contribution in [1.82, 2.24) is 0 Å². The molecule has 0 fully saturated rings. The minimum Gasteiger partial charge on any atom is -0.205 e. The van der Waals surface area contributed by atoms with E-state index >= 15 is 0 Å². The third kappa shape index (κ3) is 28.0. The number of aryl methyl sites for hydroxylation is 2. The Morgan fingerprint density at radius 1 is 0.381 bits per heavy atom. The largest absolute Gasteiger partial charge is 0.205 e. The van der Waals surface area contributed by atoms with Gasteiger partial charge in [-0.25, -0.2) is 4.57 Å². The summed E-state index contributed by atoms with van der Waals surface area (Å²) in [4.78, 5) is 0. The van der Waals surface area contributed by atoms with Crippen LogP contribution < -0.4 is 4.57 Å². The highest BCUT2D eigenvalue weighted by Gasteiger charge is 2.04. The monoisotopic (exact) mass is 585 g/mol. The maximum Gasteiger partial charge on any atom is 0.171 e. The van der Waals surface area contributed by atoms with E-state index in [-0.39, 0.29) is 0 Å². The molecule has 0 aliphatic rings. The molecule has 0 spiro atoms. The van der Waals surface area contributed by atoms with Gasteiger partial charge in [0.25, 0.3) is 0 Å². The molecule has 246 valence electrons. The van der Waals surface area contributed by atoms with Crippen molar-refractivity contribution in [3.63, 3.8) is 0 Å². The molecule has 0 aliphatic heterocycles. The van der Waals surface area contributed by atoms with Crippen molar-refractivity contribution in [2.75, 3.05) is 0 Å². The van der Waals surface area contributed by atoms with Crippen molar-refractivity contribution in [3.8, 4) is 0 Å². The molecule has 0 N–H and O–H groups in total. The zero-order valence-electron chi connectivity index (χ0n) is 29.3. The molecule has 1 aromatic heterocycles. The first-order valence-electron chi connectivity index (χ1n) is 19.8. The van der Waals surface area contributed by atoms with Crippen LogP contribution in [0.25, 0.3) is 0 Å². The molecule has 0 aliphatic carbocycles. The van der Waals surface area contributed by atoms with Gasteiger partial charge in [0.15, 0.2) is 12.4 Å². The van der Waals surface area contributed by atoms with Gasteiger partial charge in [-0.15, -0.1) is 0 Å². The Morgan fingerprint density at radius 3 is 1.05 bits per heavy atom. The molecular weight excluding hydrogens is 506 g/mol. The molecule has 0 radical (unpaired) electrons. The van der Waals surface area contributed by atoms with Crippen LogP contribution in [-0.2, 0) is 13.0 Å². The molecule has 0 unspecified atom stereocenters. The fraction of sp³-hybridized carbons (Fsp3) is 0.878. The van der Waals surface area contributed by atoms with E-state index in [9.17, 15) is 0 Å². The third-order valence-corrected chi connectivity index (χ3v) is 9.51. The van der Waals surface area contributed by atoms with Crippen LogP contribution in [0.1, 0.15) is 225 Å². The number of nitrogens with zero attached hydrogens (tertiary/aromatic N) is 1.